The lowest BCUT2D eigenvalue weighted by Crippen LogP contribution is -2.54. The number of aromatic nitrogens is 2. The molecule has 0 spiro atoms. The molecule has 3 rings (SSSR count). The summed E-state index contributed by atoms with van der Waals surface area (Å²) in [5.74, 6) is -0.317. The molecular weight excluding hydrogens is 318 g/mol. The highest BCUT2D eigenvalue weighted by Gasteiger charge is 2.37. The summed E-state index contributed by atoms with van der Waals surface area (Å²) >= 11 is 0. The Morgan fingerprint density at radius 1 is 1.40 bits per heavy atom. The Hall–Kier alpha value is -2.47. The fourth-order valence-electron chi connectivity index (χ4n) is 3.51. The van der Waals surface area contributed by atoms with Crippen LogP contribution in [0.2, 0.25) is 0 Å². The number of benzene rings is 1. The van der Waals surface area contributed by atoms with Crippen molar-refractivity contribution in [2.24, 2.45) is 5.92 Å². The van der Waals surface area contributed by atoms with Gasteiger partial charge >= 0.3 is 6.01 Å². The molecule has 0 radical (unpaired) electrons. The first-order valence-electron chi connectivity index (χ1n) is 8.39. The Kier molecular flexibility index (Phi) is 4.72. The van der Waals surface area contributed by atoms with Gasteiger partial charge in [0, 0.05) is 24.6 Å². The number of carbonyl (C=O) groups is 1. The second-order valence-electron chi connectivity index (χ2n) is 6.58. The van der Waals surface area contributed by atoms with Crippen molar-refractivity contribution in [1.82, 2.24) is 4.98 Å². The number of hydrogen-bond donors (Lipinski definition) is 1. The minimum Gasteiger partial charge on any atom is -0.431 e. The first-order chi connectivity index (χ1) is 11.9. The van der Waals surface area contributed by atoms with Crippen molar-refractivity contribution in [1.29, 1.82) is 0 Å². The lowest BCUT2D eigenvalue weighted by atomic mass is 9.89. The van der Waals surface area contributed by atoms with Gasteiger partial charge in [0.25, 0.3) is 0 Å². The molecule has 1 N–H and O–H groups in total. The van der Waals surface area contributed by atoms with Crippen LogP contribution in [0.1, 0.15) is 23.7 Å². The molecule has 2 heterocycles. The van der Waals surface area contributed by atoms with Crippen molar-refractivity contribution in [2.75, 3.05) is 12.0 Å². The first kappa shape index (κ1) is 17.4. The van der Waals surface area contributed by atoms with Crippen LogP contribution in [0, 0.1) is 19.8 Å². The van der Waals surface area contributed by atoms with Gasteiger partial charge in [0.2, 0.25) is 5.91 Å². The molecule has 6 heteroatoms. The van der Waals surface area contributed by atoms with Crippen LogP contribution in [0.4, 0.5) is 5.69 Å². The van der Waals surface area contributed by atoms with Gasteiger partial charge < -0.3 is 9.84 Å². The molecule has 1 aromatic heterocycles. The summed E-state index contributed by atoms with van der Waals surface area (Å²) in [6.45, 7) is 6.00. The lowest BCUT2D eigenvalue weighted by molar-refractivity contribution is -0.717. The van der Waals surface area contributed by atoms with Crippen molar-refractivity contribution in [3.05, 3.63) is 47.3 Å². The lowest BCUT2D eigenvalue weighted by Gasteiger charge is -2.38. The van der Waals surface area contributed by atoms with E-state index in [4.69, 9.17) is 4.74 Å². The average Bonchev–Trinajstić information content (AvgIpc) is 2.57. The minimum absolute atomic E-state index is 0.153. The number of aliphatic hydroxyl groups is 1. The van der Waals surface area contributed by atoms with Crippen molar-refractivity contribution in [3.8, 4) is 6.01 Å². The number of carbonyl (C=O) groups excluding carboxylic acids is 1. The van der Waals surface area contributed by atoms with Gasteiger partial charge in [-0.05, 0) is 36.9 Å². The quantitative estimate of drug-likeness (QED) is 0.859. The summed E-state index contributed by atoms with van der Waals surface area (Å²) in [5, 5.41) is 10.9. The maximum absolute atomic E-state index is 12.2. The number of amides is 1. The van der Waals surface area contributed by atoms with E-state index in [1.54, 1.807) is 13.3 Å². The molecule has 0 saturated heterocycles. The number of anilines is 1. The summed E-state index contributed by atoms with van der Waals surface area (Å²) < 4.78 is 7.29. The van der Waals surface area contributed by atoms with Crippen LogP contribution < -0.4 is 14.2 Å². The van der Waals surface area contributed by atoms with Crippen LogP contribution in [0.15, 0.2) is 30.5 Å². The number of aryl methyl sites for hydroxylation is 2. The van der Waals surface area contributed by atoms with Crippen LogP contribution in [-0.2, 0) is 17.8 Å². The molecular formula is C19H24N3O3+. The predicted octanol–water partition coefficient (Wildman–Crippen LogP) is 1.54. The summed E-state index contributed by atoms with van der Waals surface area (Å²) in [4.78, 5) is 17.9. The molecule has 2 atom stereocenters. The van der Waals surface area contributed by atoms with E-state index in [9.17, 15) is 9.90 Å². The van der Waals surface area contributed by atoms with E-state index in [1.807, 2.05) is 36.6 Å². The van der Waals surface area contributed by atoms with Crippen molar-refractivity contribution < 1.29 is 19.2 Å². The molecule has 0 aliphatic carbocycles. The highest BCUT2D eigenvalue weighted by atomic mass is 16.5. The summed E-state index contributed by atoms with van der Waals surface area (Å²) in [6, 6.07) is 8.36. The van der Waals surface area contributed by atoms with Gasteiger partial charge in [-0.2, -0.15) is 4.57 Å². The number of nitrogens with zero attached hydrogens (tertiary/aromatic N) is 3. The third-order valence-corrected chi connectivity index (χ3v) is 4.76. The molecule has 1 aliphatic rings. The van der Waals surface area contributed by atoms with Gasteiger partial charge in [-0.15, -0.1) is 0 Å². The summed E-state index contributed by atoms with van der Waals surface area (Å²) in [6.07, 6.45) is 1.50. The van der Waals surface area contributed by atoms with Gasteiger partial charge in [0.15, 0.2) is 0 Å². The second-order valence-corrected chi connectivity index (χ2v) is 6.58. The Labute approximate surface area is 147 Å². The molecule has 25 heavy (non-hydrogen) atoms. The number of hydrogen-bond acceptors (Lipinski definition) is 4. The molecule has 1 amide bonds. The predicted molar refractivity (Wildman–Crippen MR) is 93.3 cm³/mol. The Balaban J connectivity index is 2.00. The topological polar surface area (TPSA) is 66.5 Å². The monoisotopic (exact) mass is 342 g/mol. The molecule has 2 unspecified atom stereocenters. The smallest absolute Gasteiger partial charge is 0.431 e. The van der Waals surface area contributed by atoms with Gasteiger partial charge in [-0.25, -0.2) is 0 Å². The van der Waals surface area contributed by atoms with Crippen LogP contribution in [0.5, 0.6) is 6.01 Å². The van der Waals surface area contributed by atoms with E-state index in [2.05, 4.69) is 11.1 Å². The van der Waals surface area contributed by atoms with E-state index in [0.717, 1.165) is 22.5 Å². The standard InChI is InChI=1S/C19H24N3O3/c1-12-5-6-17-15(9-12)10-16(18(24)22(17)14(3)23)11-21-13(2)7-8-20-19(21)25-4/h5-9,16,18,24H,10-11H2,1-4H3/q+1. The van der Waals surface area contributed by atoms with Gasteiger partial charge in [-0.3, -0.25) is 9.69 Å². The zero-order valence-corrected chi connectivity index (χ0v) is 15.1. The van der Waals surface area contributed by atoms with Crippen LogP contribution in [0.25, 0.3) is 0 Å². The normalized spacial score (nSPS) is 19.5. The van der Waals surface area contributed by atoms with Crippen molar-refractivity contribution >= 4 is 11.6 Å². The molecule has 1 aromatic carbocycles. The zero-order chi connectivity index (χ0) is 18.1. The number of aliphatic hydroxyl groups excluding tert-OH is 1. The van der Waals surface area contributed by atoms with Crippen LogP contribution in [-0.4, -0.2) is 29.3 Å². The second kappa shape index (κ2) is 6.80. The average molecular weight is 342 g/mol. The third-order valence-electron chi connectivity index (χ3n) is 4.76. The van der Waals surface area contributed by atoms with E-state index in [-0.39, 0.29) is 11.8 Å². The van der Waals surface area contributed by atoms with Gasteiger partial charge in [0.1, 0.15) is 24.7 Å². The highest BCUT2D eigenvalue weighted by Crippen LogP contribution is 2.34. The molecule has 132 valence electrons. The molecule has 1 aliphatic heterocycles. The fourth-order valence-corrected chi connectivity index (χ4v) is 3.51. The van der Waals surface area contributed by atoms with E-state index >= 15 is 0 Å². The number of ether oxygens (including phenoxy) is 1. The Bertz CT molecular complexity index is 806. The zero-order valence-electron chi connectivity index (χ0n) is 15.1. The molecule has 0 saturated carbocycles. The van der Waals surface area contributed by atoms with Crippen LogP contribution in [0.3, 0.4) is 0 Å². The Morgan fingerprint density at radius 2 is 2.16 bits per heavy atom. The maximum Gasteiger partial charge on any atom is 0.498 e. The Morgan fingerprint density at radius 3 is 2.84 bits per heavy atom. The maximum atomic E-state index is 12.2. The highest BCUT2D eigenvalue weighted by molar-refractivity contribution is 5.93. The number of fused-ring (bicyclic) bond motifs is 1. The fraction of sp³-hybridized carbons (Fsp3) is 0.421. The molecule has 0 fully saturated rings. The third kappa shape index (κ3) is 3.22. The molecule has 6 nitrogen and oxygen atoms in total. The number of rotatable bonds is 3. The largest absolute Gasteiger partial charge is 0.498 e. The summed E-state index contributed by atoms with van der Waals surface area (Å²) in [7, 11) is 1.58. The van der Waals surface area contributed by atoms with E-state index in [0.29, 0.717) is 19.0 Å². The van der Waals surface area contributed by atoms with Crippen molar-refractivity contribution in [2.45, 2.75) is 40.0 Å². The number of methoxy groups -OCH3 is 1. The van der Waals surface area contributed by atoms with E-state index in [1.165, 1.54) is 11.8 Å². The molecule has 2 aromatic rings. The van der Waals surface area contributed by atoms with E-state index < -0.39 is 6.23 Å². The van der Waals surface area contributed by atoms with Crippen LogP contribution >= 0.6 is 0 Å². The minimum atomic E-state index is -0.885. The van der Waals surface area contributed by atoms with Gasteiger partial charge in [0.05, 0.1) is 7.11 Å². The van der Waals surface area contributed by atoms with Gasteiger partial charge in [-0.1, -0.05) is 17.7 Å². The summed E-state index contributed by atoms with van der Waals surface area (Å²) in [5.41, 5.74) is 4.00. The SMILES string of the molecule is COc1nccc(C)[n+]1CC1Cc2cc(C)ccc2N(C(C)=O)C1O. The van der Waals surface area contributed by atoms with Crippen molar-refractivity contribution in [3.63, 3.8) is 0 Å². The molecule has 0 bridgehead atoms. The first-order valence-corrected chi connectivity index (χ1v) is 8.39.